The topological polar surface area (TPSA) is 58.6 Å². The lowest BCUT2D eigenvalue weighted by Crippen LogP contribution is -2.25. The van der Waals surface area contributed by atoms with Crippen molar-refractivity contribution in [3.8, 4) is 5.75 Å². The zero-order valence-corrected chi connectivity index (χ0v) is 19.6. The number of nitrogens with zero attached hydrogens (tertiary/aromatic N) is 1. The van der Waals surface area contributed by atoms with Gasteiger partial charge in [-0.2, -0.15) is 0 Å². The number of hydrogen-bond acceptors (Lipinski definition) is 4. The summed E-state index contributed by atoms with van der Waals surface area (Å²) in [6.45, 7) is 6.43. The van der Waals surface area contributed by atoms with E-state index >= 15 is 0 Å². The molecule has 7 heteroatoms. The Morgan fingerprint density at radius 3 is 2.20 bits per heavy atom. The molecule has 0 heterocycles. The van der Waals surface area contributed by atoms with E-state index < -0.39 is 10.0 Å². The molecule has 0 aliphatic heterocycles. The fraction of sp³-hybridized carbons (Fsp3) is 0.217. The minimum Gasteiger partial charge on any atom is -0.492 e. The maximum absolute atomic E-state index is 13.0. The first-order valence-electron chi connectivity index (χ1n) is 9.71. The lowest BCUT2D eigenvalue weighted by atomic mass is 10.2. The molecule has 3 aromatic carbocycles. The summed E-state index contributed by atoms with van der Waals surface area (Å²) in [5, 5.41) is 0. The molecule has 0 spiro atoms. The maximum atomic E-state index is 13.0. The summed E-state index contributed by atoms with van der Waals surface area (Å²) in [7, 11) is -3.81. The third-order valence-electron chi connectivity index (χ3n) is 4.44. The molecule has 0 fully saturated rings. The van der Waals surface area contributed by atoms with Gasteiger partial charge in [-0.3, -0.25) is 4.72 Å². The Hall–Kier alpha value is -2.51. The number of halogens is 1. The van der Waals surface area contributed by atoms with Crippen LogP contribution in [0.25, 0.3) is 0 Å². The lowest BCUT2D eigenvalue weighted by Gasteiger charge is -2.29. The Morgan fingerprint density at radius 2 is 1.60 bits per heavy atom. The van der Waals surface area contributed by atoms with Crippen molar-refractivity contribution in [1.82, 2.24) is 0 Å². The Kier molecular flexibility index (Phi) is 7.05. The number of hydrogen-bond donors (Lipinski definition) is 1. The lowest BCUT2D eigenvalue weighted by molar-refractivity contribution is 0.331. The molecule has 0 aliphatic rings. The molecule has 0 aromatic heterocycles. The third kappa shape index (κ3) is 5.15. The van der Waals surface area contributed by atoms with Crippen LogP contribution in [0.5, 0.6) is 5.75 Å². The number of para-hydroxylation sites is 1. The van der Waals surface area contributed by atoms with E-state index in [4.69, 9.17) is 4.74 Å². The van der Waals surface area contributed by atoms with Gasteiger partial charge in [0.05, 0.1) is 6.61 Å². The van der Waals surface area contributed by atoms with Crippen molar-refractivity contribution in [2.45, 2.75) is 31.7 Å². The smallest absolute Gasteiger partial charge is 0.265 e. The van der Waals surface area contributed by atoms with Crippen LogP contribution in [0.3, 0.4) is 0 Å². The van der Waals surface area contributed by atoms with Crippen LogP contribution >= 0.6 is 15.9 Å². The zero-order valence-electron chi connectivity index (χ0n) is 17.2. The molecule has 0 amide bonds. The second-order valence-corrected chi connectivity index (χ2v) is 9.54. The first-order chi connectivity index (χ1) is 14.3. The highest BCUT2D eigenvalue weighted by atomic mass is 79.9. The van der Waals surface area contributed by atoms with Gasteiger partial charge in [0.25, 0.3) is 10.0 Å². The van der Waals surface area contributed by atoms with Crippen LogP contribution in [-0.4, -0.2) is 21.1 Å². The van der Waals surface area contributed by atoms with Crippen molar-refractivity contribution in [2.24, 2.45) is 0 Å². The summed E-state index contributed by atoms with van der Waals surface area (Å²) < 4.78 is 34.8. The number of ether oxygens (including phenoxy) is 1. The van der Waals surface area contributed by atoms with Gasteiger partial charge < -0.3 is 9.64 Å². The van der Waals surface area contributed by atoms with E-state index in [1.807, 2.05) is 37.3 Å². The molecule has 0 unspecified atom stereocenters. The molecule has 30 heavy (non-hydrogen) atoms. The van der Waals surface area contributed by atoms with Crippen molar-refractivity contribution in [3.05, 3.63) is 77.3 Å². The highest BCUT2D eigenvalue weighted by Gasteiger charge is 2.21. The van der Waals surface area contributed by atoms with E-state index in [1.165, 1.54) is 6.07 Å². The Bertz CT molecular complexity index is 1090. The summed E-state index contributed by atoms with van der Waals surface area (Å²) in [5.74, 6) is 0.319. The van der Waals surface area contributed by atoms with Crippen LogP contribution in [0.15, 0.2) is 82.2 Å². The van der Waals surface area contributed by atoms with Crippen LogP contribution in [0.4, 0.5) is 17.1 Å². The van der Waals surface area contributed by atoms with Crippen molar-refractivity contribution < 1.29 is 13.2 Å². The summed E-state index contributed by atoms with van der Waals surface area (Å²) in [4.78, 5) is 2.29. The summed E-state index contributed by atoms with van der Waals surface area (Å²) >= 11 is 3.33. The van der Waals surface area contributed by atoms with Crippen LogP contribution in [0, 0.1) is 0 Å². The van der Waals surface area contributed by atoms with Gasteiger partial charge in [0, 0.05) is 27.6 Å². The van der Waals surface area contributed by atoms with Crippen LogP contribution in [0.1, 0.15) is 20.8 Å². The molecule has 1 N–H and O–H groups in total. The standard InChI is InChI=1S/C23H25BrN2O3S/c1-4-29-22-15-10-18(24)16-23(22)30(27,28)25-19-11-13-21(14-12-19)26(17(2)3)20-8-6-5-7-9-20/h5-17,25H,4H2,1-3H3. The van der Waals surface area contributed by atoms with E-state index in [0.717, 1.165) is 11.4 Å². The predicted molar refractivity (Wildman–Crippen MR) is 126 cm³/mol. The van der Waals surface area contributed by atoms with E-state index in [9.17, 15) is 8.42 Å². The van der Waals surface area contributed by atoms with Crippen molar-refractivity contribution >= 4 is 43.0 Å². The van der Waals surface area contributed by atoms with Crippen LogP contribution in [-0.2, 0) is 10.0 Å². The minimum atomic E-state index is -3.81. The SMILES string of the molecule is CCOc1ccc(Br)cc1S(=O)(=O)Nc1ccc(N(c2ccccc2)C(C)C)cc1. The fourth-order valence-electron chi connectivity index (χ4n) is 3.20. The van der Waals surface area contributed by atoms with Crippen LogP contribution < -0.4 is 14.4 Å². The molecule has 0 saturated heterocycles. The normalized spacial score (nSPS) is 11.4. The number of anilines is 3. The van der Waals surface area contributed by atoms with Gasteiger partial charge in [0.15, 0.2) is 0 Å². The predicted octanol–water partition coefficient (Wildman–Crippen LogP) is 6.20. The molecule has 3 aromatic rings. The molecular formula is C23H25BrN2O3S. The van der Waals surface area contributed by atoms with Gasteiger partial charge in [-0.15, -0.1) is 0 Å². The average molecular weight is 489 g/mol. The molecule has 0 bridgehead atoms. The van der Waals surface area contributed by atoms with E-state index in [0.29, 0.717) is 22.5 Å². The van der Waals surface area contributed by atoms with Crippen LogP contribution in [0.2, 0.25) is 0 Å². The number of nitrogens with one attached hydrogen (secondary N) is 1. The molecule has 0 atom stereocenters. The zero-order chi connectivity index (χ0) is 21.7. The van der Waals surface area contributed by atoms with Gasteiger partial charge in [0.2, 0.25) is 0 Å². The number of sulfonamides is 1. The van der Waals surface area contributed by atoms with Crippen molar-refractivity contribution in [2.75, 3.05) is 16.2 Å². The van der Waals surface area contributed by atoms with Gasteiger partial charge >= 0.3 is 0 Å². The molecule has 5 nitrogen and oxygen atoms in total. The Balaban J connectivity index is 1.88. The first kappa shape index (κ1) is 22.2. The van der Waals surface area contributed by atoms with Crippen molar-refractivity contribution in [1.29, 1.82) is 0 Å². The second-order valence-electron chi connectivity index (χ2n) is 6.98. The molecule has 0 radical (unpaired) electrons. The number of rotatable bonds is 8. The molecular weight excluding hydrogens is 464 g/mol. The first-order valence-corrected chi connectivity index (χ1v) is 12.0. The van der Waals surface area contributed by atoms with Gasteiger partial charge in [-0.25, -0.2) is 8.42 Å². The number of benzene rings is 3. The van der Waals surface area contributed by atoms with Gasteiger partial charge in [-0.1, -0.05) is 34.1 Å². The Labute approximate surface area is 186 Å². The summed E-state index contributed by atoms with van der Waals surface area (Å²) in [6, 6.07) is 22.6. The monoisotopic (exact) mass is 488 g/mol. The van der Waals surface area contributed by atoms with E-state index in [-0.39, 0.29) is 10.9 Å². The van der Waals surface area contributed by atoms with Gasteiger partial charge in [0.1, 0.15) is 10.6 Å². The van der Waals surface area contributed by atoms with Gasteiger partial charge in [-0.05, 0) is 75.4 Å². The fourth-order valence-corrected chi connectivity index (χ4v) is 4.94. The average Bonchev–Trinajstić information content (AvgIpc) is 2.71. The molecule has 158 valence electrons. The largest absolute Gasteiger partial charge is 0.492 e. The highest BCUT2D eigenvalue weighted by Crippen LogP contribution is 2.31. The molecule has 0 saturated carbocycles. The summed E-state index contributed by atoms with van der Waals surface area (Å²) in [6.07, 6.45) is 0. The van der Waals surface area contributed by atoms with Crippen molar-refractivity contribution in [3.63, 3.8) is 0 Å². The quantitative estimate of drug-likeness (QED) is 0.410. The van der Waals surface area contributed by atoms with E-state index in [1.54, 1.807) is 24.3 Å². The van der Waals surface area contributed by atoms with E-state index in [2.05, 4.69) is 51.5 Å². The summed E-state index contributed by atoms with van der Waals surface area (Å²) in [5.41, 5.74) is 2.55. The second kappa shape index (κ2) is 9.53. The third-order valence-corrected chi connectivity index (χ3v) is 6.34. The molecule has 0 aliphatic carbocycles. The molecule has 3 rings (SSSR count). The highest BCUT2D eigenvalue weighted by molar-refractivity contribution is 9.10. The Morgan fingerprint density at radius 1 is 0.967 bits per heavy atom. The maximum Gasteiger partial charge on any atom is 0.265 e. The minimum absolute atomic E-state index is 0.0934.